The fraction of sp³-hybridized carbons (Fsp3) is 0.647. The van der Waals surface area contributed by atoms with Gasteiger partial charge in [0.15, 0.2) is 0 Å². The molecule has 0 spiro atoms. The standard InChI is InChI=1S/C17H27ClO6S/c1-17(2,3)14-5-6-15(16(13-14)25(18,19)20)24-12-11-23-10-9-22-8-7-21-4/h5-6,13H,7-12H2,1-4H3. The van der Waals surface area contributed by atoms with Crippen LogP contribution in [0.15, 0.2) is 23.1 Å². The lowest BCUT2D eigenvalue weighted by atomic mass is 9.87. The molecule has 0 heterocycles. The first-order valence-corrected chi connectivity index (χ1v) is 10.3. The summed E-state index contributed by atoms with van der Waals surface area (Å²) in [6.07, 6.45) is 0. The highest BCUT2D eigenvalue weighted by molar-refractivity contribution is 8.13. The molecular formula is C17H27ClO6S. The third-order valence-electron chi connectivity index (χ3n) is 3.36. The first-order chi connectivity index (χ1) is 11.7. The van der Waals surface area contributed by atoms with E-state index in [1.165, 1.54) is 0 Å². The molecule has 6 nitrogen and oxygen atoms in total. The van der Waals surface area contributed by atoms with Crippen molar-refractivity contribution in [2.45, 2.75) is 31.1 Å². The Hall–Kier alpha value is -0.860. The minimum absolute atomic E-state index is 0.0236. The van der Waals surface area contributed by atoms with Crippen LogP contribution in [0.5, 0.6) is 5.75 Å². The van der Waals surface area contributed by atoms with E-state index < -0.39 is 9.05 Å². The van der Waals surface area contributed by atoms with E-state index in [9.17, 15) is 8.42 Å². The van der Waals surface area contributed by atoms with Crippen LogP contribution < -0.4 is 4.74 Å². The predicted octanol–water partition coefficient (Wildman–Crippen LogP) is 2.97. The summed E-state index contributed by atoms with van der Waals surface area (Å²) >= 11 is 0. The van der Waals surface area contributed by atoms with Gasteiger partial charge in [0.1, 0.15) is 17.3 Å². The number of benzene rings is 1. The third-order valence-corrected chi connectivity index (χ3v) is 4.70. The van der Waals surface area contributed by atoms with Crippen molar-refractivity contribution in [2.24, 2.45) is 0 Å². The highest BCUT2D eigenvalue weighted by atomic mass is 35.7. The van der Waals surface area contributed by atoms with E-state index in [2.05, 4.69) is 0 Å². The van der Waals surface area contributed by atoms with Crippen LogP contribution in [-0.4, -0.2) is 55.2 Å². The molecule has 0 aromatic heterocycles. The number of ether oxygens (including phenoxy) is 4. The minimum Gasteiger partial charge on any atom is -0.490 e. The zero-order valence-electron chi connectivity index (χ0n) is 15.2. The van der Waals surface area contributed by atoms with Crippen molar-refractivity contribution in [3.8, 4) is 5.75 Å². The third kappa shape index (κ3) is 8.37. The highest BCUT2D eigenvalue weighted by Crippen LogP contribution is 2.32. The van der Waals surface area contributed by atoms with E-state index in [1.54, 1.807) is 19.2 Å². The maximum atomic E-state index is 11.8. The summed E-state index contributed by atoms with van der Waals surface area (Å²) in [5.74, 6) is 0.225. The molecule has 1 aromatic rings. The molecule has 1 rings (SSSR count). The second-order valence-electron chi connectivity index (χ2n) is 6.42. The molecule has 1 aromatic carbocycles. The molecule has 0 saturated carbocycles. The summed E-state index contributed by atoms with van der Waals surface area (Å²) in [6.45, 7) is 8.48. The summed E-state index contributed by atoms with van der Waals surface area (Å²) in [5.41, 5.74) is 0.671. The van der Waals surface area contributed by atoms with E-state index in [4.69, 9.17) is 29.6 Å². The van der Waals surface area contributed by atoms with Crippen molar-refractivity contribution in [1.82, 2.24) is 0 Å². The van der Waals surface area contributed by atoms with Crippen LogP contribution in [0.4, 0.5) is 0 Å². The number of hydrogen-bond acceptors (Lipinski definition) is 6. The molecule has 0 saturated heterocycles. The predicted molar refractivity (Wildman–Crippen MR) is 97.2 cm³/mol. The lowest BCUT2D eigenvalue weighted by Gasteiger charge is -2.20. The molecule has 0 aliphatic heterocycles. The Morgan fingerprint density at radius 1 is 0.960 bits per heavy atom. The molecule has 0 N–H and O–H groups in total. The summed E-state index contributed by atoms with van der Waals surface area (Å²) in [6, 6.07) is 5.03. The van der Waals surface area contributed by atoms with Crippen LogP contribution in [0.2, 0.25) is 0 Å². The minimum atomic E-state index is -3.90. The number of hydrogen-bond donors (Lipinski definition) is 0. The average Bonchev–Trinajstić information content (AvgIpc) is 2.51. The molecule has 0 aliphatic rings. The Balaban J connectivity index is 2.53. The van der Waals surface area contributed by atoms with Gasteiger partial charge in [-0.05, 0) is 23.1 Å². The quantitative estimate of drug-likeness (QED) is 0.424. The summed E-state index contributed by atoms with van der Waals surface area (Å²) < 4.78 is 44.7. The smallest absolute Gasteiger partial charge is 0.264 e. The Bertz CT molecular complexity index is 625. The molecule has 0 radical (unpaired) electrons. The molecule has 0 aliphatic carbocycles. The van der Waals surface area contributed by atoms with Gasteiger partial charge in [-0.25, -0.2) is 8.42 Å². The summed E-state index contributed by atoms with van der Waals surface area (Å²) in [4.78, 5) is -0.0236. The van der Waals surface area contributed by atoms with Gasteiger partial charge in [0.05, 0.1) is 33.0 Å². The van der Waals surface area contributed by atoms with Crippen LogP contribution in [0.1, 0.15) is 26.3 Å². The van der Waals surface area contributed by atoms with E-state index in [1.807, 2.05) is 26.8 Å². The van der Waals surface area contributed by atoms with Crippen molar-refractivity contribution < 1.29 is 27.4 Å². The van der Waals surface area contributed by atoms with E-state index in [-0.39, 0.29) is 22.7 Å². The molecule has 8 heteroatoms. The van der Waals surface area contributed by atoms with Crippen LogP contribution in [0.3, 0.4) is 0 Å². The normalized spacial score (nSPS) is 12.4. The second kappa shape index (κ2) is 10.3. The van der Waals surface area contributed by atoms with Crippen molar-refractivity contribution in [3.05, 3.63) is 23.8 Å². The Kier molecular flexibility index (Phi) is 9.16. The van der Waals surface area contributed by atoms with Gasteiger partial charge in [-0.1, -0.05) is 26.8 Å². The Labute approximate surface area is 154 Å². The monoisotopic (exact) mass is 394 g/mol. The van der Waals surface area contributed by atoms with E-state index in [0.717, 1.165) is 5.56 Å². The molecule has 0 atom stereocenters. The fourth-order valence-electron chi connectivity index (χ4n) is 1.96. The highest BCUT2D eigenvalue weighted by Gasteiger charge is 2.22. The van der Waals surface area contributed by atoms with Crippen molar-refractivity contribution in [2.75, 3.05) is 46.8 Å². The van der Waals surface area contributed by atoms with Crippen molar-refractivity contribution in [1.29, 1.82) is 0 Å². The maximum absolute atomic E-state index is 11.8. The fourth-order valence-corrected chi connectivity index (χ4v) is 2.96. The zero-order chi connectivity index (χ0) is 18.9. The van der Waals surface area contributed by atoms with Crippen LogP contribution in [0, 0.1) is 0 Å². The van der Waals surface area contributed by atoms with E-state index >= 15 is 0 Å². The largest absolute Gasteiger partial charge is 0.490 e. The van der Waals surface area contributed by atoms with Gasteiger partial charge >= 0.3 is 0 Å². The average molecular weight is 395 g/mol. The van der Waals surface area contributed by atoms with Crippen LogP contribution >= 0.6 is 10.7 Å². The summed E-state index contributed by atoms with van der Waals surface area (Å²) in [5, 5.41) is 0. The van der Waals surface area contributed by atoms with Crippen molar-refractivity contribution >= 4 is 19.7 Å². The molecule has 144 valence electrons. The van der Waals surface area contributed by atoms with Gasteiger partial charge < -0.3 is 18.9 Å². The van der Waals surface area contributed by atoms with Crippen molar-refractivity contribution in [3.63, 3.8) is 0 Å². The van der Waals surface area contributed by atoms with Gasteiger partial charge in [0, 0.05) is 17.8 Å². The lowest BCUT2D eigenvalue weighted by molar-refractivity contribution is 0.0178. The molecule has 25 heavy (non-hydrogen) atoms. The molecule has 0 amide bonds. The van der Waals surface area contributed by atoms with Gasteiger partial charge in [0.2, 0.25) is 0 Å². The lowest BCUT2D eigenvalue weighted by Crippen LogP contribution is -2.14. The van der Waals surface area contributed by atoms with E-state index in [0.29, 0.717) is 33.0 Å². The first kappa shape index (κ1) is 22.2. The number of methoxy groups -OCH3 is 1. The van der Waals surface area contributed by atoms with Gasteiger partial charge in [-0.3, -0.25) is 0 Å². The zero-order valence-corrected chi connectivity index (χ0v) is 16.8. The molecule has 0 unspecified atom stereocenters. The van der Waals surface area contributed by atoms with Crippen LogP contribution in [0.25, 0.3) is 0 Å². The van der Waals surface area contributed by atoms with Crippen LogP contribution in [-0.2, 0) is 28.7 Å². The second-order valence-corrected chi connectivity index (χ2v) is 8.95. The Morgan fingerprint density at radius 2 is 1.52 bits per heavy atom. The van der Waals surface area contributed by atoms with Gasteiger partial charge in [0.25, 0.3) is 9.05 Å². The van der Waals surface area contributed by atoms with Gasteiger partial charge in [-0.2, -0.15) is 0 Å². The molecular weight excluding hydrogens is 368 g/mol. The SMILES string of the molecule is COCCOCCOCCOc1ccc(C(C)(C)C)cc1S(=O)(=O)Cl. The van der Waals surface area contributed by atoms with Gasteiger partial charge in [-0.15, -0.1) is 0 Å². The molecule has 0 fully saturated rings. The number of rotatable bonds is 11. The first-order valence-electron chi connectivity index (χ1n) is 8.02. The maximum Gasteiger partial charge on any atom is 0.264 e. The number of halogens is 1. The molecule has 0 bridgehead atoms. The summed E-state index contributed by atoms with van der Waals surface area (Å²) in [7, 11) is 3.25. The Morgan fingerprint density at radius 3 is 2.04 bits per heavy atom. The topological polar surface area (TPSA) is 71.1 Å².